The monoisotopic (exact) mass is 595 g/mol. The van der Waals surface area contributed by atoms with Crippen LogP contribution in [0.1, 0.15) is 64.8 Å². The lowest BCUT2D eigenvalue weighted by atomic mass is 9.71. The van der Waals surface area contributed by atoms with Gasteiger partial charge in [-0.2, -0.15) is 0 Å². The zero-order valence-corrected chi connectivity index (χ0v) is 24.6. The fraction of sp³-hybridized carbons (Fsp3) is 0.394. The van der Waals surface area contributed by atoms with Crippen LogP contribution in [-0.2, 0) is 5.41 Å². The zero-order valence-electron chi connectivity index (χ0n) is 23.1. The lowest BCUT2D eigenvalue weighted by Gasteiger charge is -2.44. The number of piperidine rings is 2. The molecule has 5 rings (SSSR count). The summed E-state index contributed by atoms with van der Waals surface area (Å²) in [6.07, 6.45) is 5.60. The minimum atomic E-state index is -0.348. The Kier molecular flexibility index (Phi) is 9.64. The summed E-state index contributed by atoms with van der Waals surface area (Å²) in [4.78, 5) is 30.4. The predicted octanol–water partition coefficient (Wildman–Crippen LogP) is 6.98. The van der Waals surface area contributed by atoms with Crippen LogP contribution in [0, 0.1) is 5.82 Å². The molecule has 2 heterocycles. The average molecular weight is 597 g/mol. The van der Waals surface area contributed by atoms with Crippen molar-refractivity contribution < 1.29 is 14.0 Å². The predicted molar refractivity (Wildman–Crippen MR) is 162 cm³/mol. The normalized spacial score (nSPS) is 20.1. The number of carbonyl (C=O) groups excluding carboxylic acids is 2. The first-order valence-electron chi connectivity index (χ1n) is 14.4. The summed E-state index contributed by atoms with van der Waals surface area (Å²) in [6, 6.07) is 21.2. The van der Waals surface area contributed by atoms with E-state index in [1.807, 2.05) is 47.4 Å². The van der Waals surface area contributed by atoms with Crippen LogP contribution in [0.3, 0.4) is 0 Å². The summed E-state index contributed by atoms with van der Waals surface area (Å²) in [5.74, 6) is -0.432. The number of carbonyl (C=O) groups is 2. The highest BCUT2D eigenvalue weighted by Crippen LogP contribution is 2.41. The summed E-state index contributed by atoms with van der Waals surface area (Å²) >= 11 is 12.7. The van der Waals surface area contributed by atoms with Crippen LogP contribution in [0.5, 0.6) is 0 Å². The molecule has 2 amide bonds. The van der Waals surface area contributed by atoms with Gasteiger partial charge in [-0.1, -0.05) is 47.5 Å². The Hall–Kier alpha value is -2.93. The molecule has 2 fully saturated rings. The van der Waals surface area contributed by atoms with Gasteiger partial charge in [0, 0.05) is 48.8 Å². The quantitative estimate of drug-likeness (QED) is 0.305. The molecule has 41 heavy (non-hydrogen) atoms. The van der Waals surface area contributed by atoms with Gasteiger partial charge in [0.15, 0.2) is 0 Å². The van der Waals surface area contributed by atoms with Crippen LogP contribution in [0.25, 0.3) is 0 Å². The molecular weight excluding hydrogens is 560 g/mol. The molecule has 5 nitrogen and oxygen atoms in total. The smallest absolute Gasteiger partial charge is 0.253 e. The number of hydrogen-bond donors (Lipinski definition) is 1. The molecule has 0 aromatic heterocycles. The minimum Gasteiger partial charge on any atom is -0.349 e. The van der Waals surface area contributed by atoms with Crippen molar-refractivity contribution in [2.45, 2.75) is 50.0 Å². The van der Waals surface area contributed by atoms with Gasteiger partial charge < -0.3 is 15.1 Å². The molecule has 1 atom stereocenters. The molecule has 0 bridgehead atoms. The summed E-state index contributed by atoms with van der Waals surface area (Å²) < 4.78 is 13.2. The van der Waals surface area contributed by atoms with E-state index in [-0.39, 0.29) is 29.1 Å². The highest BCUT2D eigenvalue weighted by Gasteiger charge is 2.39. The SMILES string of the molecule is O=C(NC1CCN(CCC[C@]2(c3ccc(Cl)c(Cl)c3)CCCN(C(=O)c3ccccc3)C2)CC1)c1ccc(F)cc1. The number of halogens is 3. The standard InChI is InChI=1S/C33H36Cl2FN3O2/c34-29-13-10-26(22-30(29)35)33(17-5-19-39(23-33)32(41)25-6-2-1-3-7-25)16-4-18-38-20-14-28(15-21-38)37-31(40)24-8-11-27(36)12-9-24/h1-3,6-13,22,28H,4-5,14-21,23H2,(H,37,40)/t33-/m0/s1. The maximum Gasteiger partial charge on any atom is 0.253 e. The van der Waals surface area contributed by atoms with Gasteiger partial charge in [0.05, 0.1) is 10.0 Å². The minimum absolute atomic E-state index is 0.0690. The molecule has 0 radical (unpaired) electrons. The highest BCUT2D eigenvalue weighted by atomic mass is 35.5. The molecule has 0 unspecified atom stereocenters. The van der Waals surface area contributed by atoms with Crippen molar-refractivity contribution in [2.24, 2.45) is 0 Å². The summed E-state index contributed by atoms with van der Waals surface area (Å²) in [7, 11) is 0. The number of benzene rings is 3. The van der Waals surface area contributed by atoms with E-state index in [2.05, 4.69) is 16.3 Å². The summed E-state index contributed by atoms with van der Waals surface area (Å²) in [6.45, 7) is 4.16. The van der Waals surface area contributed by atoms with Gasteiger partial charge in [-0.25, -0.2) is 4.39 Å². The second kappa shape index (κ2) is 13.4. The van der Waals surface area contributed by atoms with E-state index < -0.39 is 0 Å². The molecule has 2 aliphatic heterocycles. The number of amides is 2. The third-order valence-electron chi connectivity index (χ3n) is 8.58. The van der Waals surface area contributed by atoms with E-state index in [0.717, 1.165) is 70.3 Å². The lowest BCUT2D eigenvalue weighted by Crippen LogP contribution is -2.49. The molecule has 216 valence electrons. The van der Waals surface area contributed by atoms with Crippen molar-refractivity contribution >= 4 is 35.0 Å². The molecule has 2 saturated heterocycles. The third-order valence-corrected chi connectivity index (χ3v) is 9.31. The number of rotatable bonds is 8. The first-order chi connectivity index (χ1) is 19.8. The Morgan fingerprint density at radius 2 is 1.63 bits per heavy atom. The van der Waals surface area contributed by atoms with Crippen molar-refractivity contribution in [3.05, 3.63) is 105 Å². The second-order valence-corrected chi connectivity index (χ2v) is 12.1. The van der Waals surface area contributed by atoms with E-state index in [4.69, 9.17) is 23.2 Å². The average Bonchev–Trinajstić information content (AvgIpc) is 3.00. The fourth-order valence-corrected chi connectivity index (χ4v) is 6.59. The molecule has 1 N–H and O–H groups in total. The Morgan fingerprint density at radius 1 is 0.902 bits per heavy atom. The van der Waals surface area contributed by atoms with Crippen molar-refractivity contribution in [3.8, 4) is 0 Å². The van der Waals surface area contributed by atoms with Crippen molar-refractivity contribution in [3.63, 3.8) is 0 Å². The maximum atomic E-state index is 13.4. The van der Waals surface area contributed by atoms with Gasteiger partial charge in [-0.3, -0.25) is 9.59 Å². The van der Waals surface area contributed by atoms with Crippen LogP contribution in [0.15, 0.2) is 72.8 Å². The molecule has 3 aromatic rings. The first kappa shape index (κ1) is 29.6. The second-order valence-electron chi connectivity index (χ2n) is 11.3. The zero-order chi connectivity index (χ0) is 28.8. The topological polar surface area (TPSA) is 52.7 Å². The molecule has 0 spiro atoms. The van der Waals surface area contributed by atoms with Gasteiger partial charge >= 0.3 is 0 Å². The van der Waals surface area contributed by atoms with E-state index in [9.17, 15) is 14.0 Å². The lowest BCUT2D eigenvalue weighted by molar-refractivity contribution is 0.0619. The van der Waals surface area contributed by atoms with E-state index in [1.165, 1.54) is 24.3 Å². The van der Waals surface area contributed by atoms with Crippen LogP contribution >= 0.6 is 23.2 Å². The summed E-state index contributed by atoms with van der Waals surface area (Å²) in [5, 5.41) is 4.18. The number of likely N-dealkylation sites (tertiary alicyclic amines) is 2. The first-order valence-corrected chi connectivity index (χ1v) is 15.2. The van der Waals surface area contributed by atoms with Crippen LogP contribution < -0.4 is 5.32 Å². The molecular formula is C33H36Cl2FN3O2. The van der Waals surface area contributed by atoms with Crippen LogP contribution in [-0.4, -0.2) is 60.4 Å². The van der Waals surface area contributed by atoms with Gasteiger partial charge in [0.25, 0.3) is 11.8 Å². The number of hydrogen-bond acceptors (Lipinski definition) is 3. The van der Waals surface area contributed by atoms with Gasteiger partial charge in [0.1, 0.15) is 5.82 Å². The van der Waals surface area contributed by atoms with Crippen LogP contribution in [0.2, 0.25) is 10.0 Å². The Labute approximate surface area is 251 Å². The van der Waals surface area contributed by atoms with Crippen molar-refractivity contribution in [2.75, 3.05) is 32.7 Å². The Bertz CT molecular complexity index is 1350. The largest absolute Gasteiger partial charge is 0.349 e. The Balaban J connectivity index is 1.20. The molecule has 0 saturated carbocycles. The van der Waals surface area contributed by atoms with Gasteiger partial charge in [0.2, 0.25) is 0 Å². The molecule has 3 aromatic carbocycles. The third kappa shape index (κ3) is 7.29. The van der Waals surface area contributed by atoms with Crippen molar-refractivity contribution in [1.29, 1.82) is 0 Å². The number of nitrogens with one attached hydrogen (secondary N) is 1. The maximum absolute atomic E-state index is 13.4. The van der Waals surface area contributed by atoms with E-state index in [1.54, 1.807) is 0 Å². The molecule has 8 heteroatoms. The molecule has 2 aliphatic rings. The number of nitrogens with zero attached hydrogens (tertiary/aromatic N) is 2. The van der Waals surface area contributed by atoms with Gasteiger partial charge in [-0.15, -0.1) is 0 Å². The van der Waals surface area contributed by atoms with Crippen LogP contribution in [0.4, 0.5) is 4.39 Å². The van der Waals surface area contributed by atoms with Gasteiger partial charge in [-0.05, 0) is 99.2 Å². The summed E-state index contributed by atoms with van der Waals surface area (Å²) in [5.41, 5.74) is 2.14. The molecule has 0 aliphatic carbocycles. The highest BCUT2D eigenvalue weighted by molar-refractivity contribution is 6.42. The fourth-order valence-electron chi connectivity index (χ4n) is 6.29. The van der Waals surface area contributed by atoms with E-state index in [0.29, 0.717) is 27.7 Å². The Morgan fingerprint density at radius 3 is 2.34 bits per heavy atom. The van der Waals surface area contributed by atoms with Crippen molar-refractivity contribution in [1.82, 2.24) is 15.1 Å². The van der Waals surface area contributed by atoms with E-state index >= 15 is 0 Å².